The molecule has 0 saturated carbocycles. The van der Waals surface area contributed by atoms with Crippen molar-refractivity contribution in [2.24, 2.45) is 0 Å². The summed E-state index contributed by atoms with van der Waals surface area (Å²) in [5.41, 5.74) is 0.264. The molecule has 0 atom stereocenters. The third-order valence-corrected chi connectivity index (χ3v) is 2.74. The molecule has 0 fully saturated rings. The first-order chi connectivity index (χ1) is 8.91. The van der Waals surface area contributed by atoms with E-state index in [1.165, 1.54) is 6.07 Å². The number of halogens is 3. The van der Waals surface area contributed by atoms with Gasteiger partial charge in [0.05, 0.1) is 12.2 Å². The van der Waals surface area contributed by atoms with Crippen molar-refractivity contribution >= 4 is 0 Å². The average Bonchev–Trinajstić information content (AvgIpc) is 2.37. The maximum absolute atomic E-state index is 12.7. The van der Waals surface area contributed by atoms with Crippen molar-refractivity contribution in [3.8, 4) is 16.9 Å². The molecule has 0 unspecified atom stereocenters. The first kappa shape index (κ1) is 13.4. The molecular weight excluding hydrogens is 257 g/mol. The summed E-state index contributed by atoms with van der Waals surface area (Å²) in [6.07, 6.45) is -4.53. The predicted octanol–water partition coefficient (Wildman–Crippen LogP) is 3.57. The van der Waals surface area contributed by atoms with Gasteiger partial charge in [0.25, 0.3) is 0 Å². The van der Waals surface area contributed by atoms with E-state index in [9.17, 15) is 23.4 Å². The van der Waals surface area contributed by atoms with Crippen LogP contribution in [0.3, 0.4) is 0 Å². The molecule has 0 aromatic heterocycles. The Morgan fingerprint density at radius 1 is 1.00 bits per heavy atom. The quantitative estimate of drug-likeness (QED) is 0.874. The van der Waals surface area contributed by atoms with Gasteiger partial charge in [0.1, 0.15) is 5.75 Å². The molecule has 2 aromatic rings. The maximum atomic E-state index is 12.7. The van der Waals surface area contributed by atoms with Gasteiger partial charge in [-0.2, -0.15) is 13.2 Å². The van der Waals surface area contributed by atoms with Crippen molar-refractivity contribution in [3.05, 3.63) is 53.6 Å². The van der Waals surface area contributed by atoms with Crippen molar-refractivity contribution in [1.82, 2.24) is 0 Å². The van der Waals surface area contributed by atoms with E-state index in [2.05, 4.69) is 0 Å². The van der Waals surface area contributed by atoms with Gasteiger partial charge >= 0.3 is 6.18 Å². The van der Waals surface area contributed by atoms with Crippen LogP contribution >= 0.6 is 0 Å². The summed E-state index contributed by atoms with van der Waals surface area (Å²) in [6.45, 7) is -0.285. The van der Waals surface area contributed by atoms with E-state index in [1.807, 2.05) is 0 Å². The zero-order valence-electron chi connectivity index (χ0n) is 9.78. The van der Waals surface area contributed by atoms with Gasteiger partial charge in [0, 0.05) is 0 Å². The molecule has 0 saturated heterocycles. The Labute approximate surface area is 107 Å². The molecule has 0 spiro atoms. The molecule has 100 valence electrons. The highest BCUT2D eigenvalue weighted by Gasteiger charge is 2.31. The number of hydrogen-bond acceptors (Lipinski definition) is 2. The number of aliphatic hydroxyl groups excluding tert-OH is 1. The molecule has 0 amide bonds. The minimum Gasteiger partial charge on any atom is -0.508 e. The van der Waals surface area contributed by atoms with E-state index in [0.29, 0.717) is 17.2 Å². The van der Waals surface area contributed by atoms with Crippen LogP contribution in [-0.2, 0) is 12.8 Å². The number of aromatic hydroxyl groups is 1. The number of hydrogen-bond donors (Lipinski definition) is 2. The van der Waals surface area contributed by atoms with Crippen molar-refractivity contribution in [3.63, 3.8) is 0 Å². The zero-order valence-corrected chi connectivity index (χ0v) is 9.78. The summed E-state index contributed by atoms with van der Waals surface area (Å²) >= 11 is 0. The number of rotatable bonds is 2. The van der Waals surface area contributed by atoms with Gasteiger partial charge in [-0.1, -0.05) is 24.3 Å². The lowest BCUT2D eigenvalue weighted by molar-refractivity contribution is -0.137. The fourth-order valence-corrected chi connectivity index (χ4v) is 1.87. The van der Waals surface area contributed by atoms with Gasteiger partial charge in [-0.3, -0.25) is 0 Å². The summed E-state index contributed by atoms with van der Waals surface area (Å²) < 4.78 is 38.1. The van der Waals surface area contributed by atoms with Crippen molar-refractivity contribution in [2.45, 2.75) is 12.8 Å². The summed E-state index contributed by atoms with van der Waals surface area (Å²) in [5, 5.41) is 18.6. The van der Waals surface area contributed by atoms with Gasteiger partial charge in [-0.15, -0.1) is 0 Å². The SMILES string of the molecule is OCc1ccccc1-c1cc(O)cc(C(F)(F)F)c1. The molecule has 2 N–H and O–H groups in total. The van der Waals surface area contributed by atoms with Crippen LogP contribution in [0.4, 0.5) is 13.2 Å². The Hall–Kier alpha value is -2.01. The number of benzene rings is 2. The van der Waals surface area contributed by atoms with Crippen molar-refractivity contribution < 1.29 is 23.4 Å². The lowest BCUT2D eigenvalue weighted by Gasteiger charge is -2.12. The van der Waals surface area contributed by atoms with Crippen LogP contribution < -0.4 is 0 Å². The van der Waals surface area contributed by atoms with E-state index < -0.39 is 17.5 Å². The Morgan fingerprint density at radius 2 is 1.68 bits per heavy atom. The Balaban J connectivity index is 2.60. The Morgan fingerprint density at radius 3 is 2.32 bits per heavy atom. The van der Waals surface area contributed by atoms with E-state index in [1.54, 1.807) is 24.3 Å². The van der Waals surface area contributed by atoms with Crippen LogP contribution in [0.2, 0.25) is 0 Å². The lowest BCUT2D eigenvalue weighted by Crippen LogP contribution is -2.05. The normalized spacial score (nSPS) is 11.6. The third-order valence-electron chi connectivity index (χ3n) is 2.74. The standard InChI is InChI=1S/C14H11F3O2/c15-14(16,17)11-5-10(6-12(19)7-11)13-4-2-1-3-9(13)8-18/h1-7,18-19H,8H2. The summed E-state index contributed by atoms with van der Waals surface area (Å²) in [7, 11) is 0. The lowest BCUT2D eigenvalue weighted by atomic mass is 9.98. The molecule has 5 heteroatoms. The van der Waals surface area contributed by atoms with Crippen LogP contribution in [0, 0.1) is 0 Å². The molecule has 0 aliphatic rings. The van der Waals surface area contributed by atoms with Gasteiger partial charge in [-0.05, 0) is 34.9 Å². The van der Waals surface area contributed by atoms with E-state index in [4.69, 9.17) is 0 Å². The van der Waals surface area contributed by atoms with Gasteiger partial charge in [0.2, 0.25) is 0 Å². The van der Waals surface area contributed by atoms with E-state index in [0.717, 1.165) is 6.07 Å². The first-order valence-electron chi connectivity index (χ1n) is 5.52. The van der Waals surface area contributed by atoms with Crippen LogP contribution in [0.1, 0.15) is 11.1 Å². The zero-order chi connectivity index (χ0) is 14.0. The Kier molecular flexibility index (Phi) is 3.48. The van der Waals surface area contributed by atoms with Crippen molar-refractivity contribution in [1.29, 1.82) is 0 Å². The van der Waals surface area contributed by atoms with Crippen LogP contribution in [0.5, 0.6) is 5.75 Å². The smallest absolute Gasteiger partial charge is 0.416 e. The molecular formula is C14H11F3O2. The third kappa shape index (κ3) is 2.88. The second-order valence-electron chi connectivity index (χ2n) is 4.08. The van der Waals surface area contributed by atoms with Crippen LogP contribution in [-0.4, -0.2) is 10.2 Å². The van der Waals surface area contributed by atoms with E-state index in [-0.39, 0.29) is 12.2 Å². The highest BCUT2D eigenvalue weighted by atomic mass is 19.4. The minimum atomic E-state index is -4.53. The first-order valence-corrected chi connectivity index (χ1v) is 5.52. The second kappa shape index (κ2) is 4.93. The fourth-order valence-electron chi connectivity index (χ4n) is 1.87. The second-order valence-corrected chi connectivity index (χ2v) is 4.08. The monoisotopic (exact) mass is 268 g/mol. The number of phenols is 1. The molecule has 2 nitrogen and oxygen atoms in total. The molecule has 19 heavy (non-hydrogen) atoms. The predicted molar refractivity (Wildman–Crippen MR) is 64.5 cm³/mol. The van der Waals surface area contributed by atoms with Gasteiger partial charge < -0.3 is 10.2 Å². The summed E-state index contributed by atoms with van der Waals surface area (Å²) in [5.74, 6) is -0.461. The van der Waals surface area contributed by atoms with Crippen LogP contribution in [0.15, 0.2) is 42.5 Å². The highest BCUT2D eigenvalue weighted by Crippen LogP contribution is 2.36. The van der Waals surface area contributed by atoms with Crippen LogP contribution in [0.25, 0.3) is 11.1 Å². The molecule has 0 heterocycles. The number of alkyl halides is 3. The number of phenolic OH excluding ortho intramolecular Hbond substituents is 1. The number of aliphatic hydroxyl groups is 1. The van der Waals surface area contributed by atoms with E-state index >= 15 is 0 Å². The Bertz CT molecular complexity index is 591. The molecule has 0 radical (unpaired) electrons. The molecule has 0 aliphatic heterocycles. The summed E-state index contributed by atoms with van der Waals surface area (Å²) in [6, 6.07) is 9.42. The minimum absolute atomic E-state index is 0.219. The van der Waals surface area contributed by atoms with Crippen molar-refractivity contribution in [2.75, 3.05) is 0 Å². The molecule has 0 bridgehead atoms. The average molecular weight is 268 g/mol. The fraction of sp³-hybridized carbons (Fsp3) is 0.143. The van der Waals surface area contributed by atoms with Gasteiger partial charge in [0.15, 0.2) is 0 Å². The van der Waals surface area contributed by atoms with Gasteiger partial charge in [-0.25, -0.2) is 0 Å². The maximum Gasteiger partial charge on any atom is 0.416 e. The highest BCUT2D eigenvalue weighted by molar-refractivity contribution is 5.69. The topological polar surface area (TPSA) is 40.5 Å². The molecule has 0 aliphatic carbocycles. The molecule has 2 aromatic carbocycles. The molecule has 2 rings (SSSR count). The largest absolute Gasteiger partial charge is 0.508 e. The summed E-state index contributed by atoms with van der Waals surface area (Å²) in [4.78, 5) is 0.